The molecule has 0 saturated heterocycles. The van der Waals surface area contributed by atoms with Gasteiger partial charge in [0.05, 0.1) is 0 Å². The standard InChI is InChI=1S/C8H14O/c1-5-8(3,4)7(2)6-9/h6H,2,5H2,1,3-4H3. The maximum Gasteiger partial charge on any atom is 0.145 e. The lowest BCUT2D eigenvalue weighted by molar-refractivity contribution is -0.105. The molecule has 0 N–H and O–H groups in total. The van der Waals surface area contributed by atoms with Crippen molar-refractivity contribution < 1.29 is 4.79 Å². The summed E-state index contributed by atoms with van der Waals surface area (Å²) in [6.45, 7) is 9.73. The van der Waals surface area contributed by atoms with Gasteiger partial charge in [-0.15, -0.1) is 0 Å². The van der Waals surface area contributed by atoms with Gasteiger partial charge in [-0.1, -0.05) is 27.4 Å². The van der Waals surface area contributed by atoms with Crippen LogP contribution < -0.4 is 0 Å². The molecule has 0 fully saturated rings. The Morgan fingerprint density at radius 3 is 2.22 bits per heavy atom. The zero-order chi connectivity index (χ0) is 7.49. The molecule has 0 rings (SSSR count). The smallest absolute Gasteiger partial charge is 0.145 e. The number of aldehydes is 1. The van der Waals surface area contributed by atoms with Gasteiger partial charge in [-0.2, -0.15) is 0 Å². The van der Waals surface area contributed by atoms with Gasteiger partial charge in [0, 0.05) is 0 Å². The fourth-order valence-corrected chi connectivity index (χ4v) is 0.387. The minimum atomic E-state index is -0.0122. The fourth-order valence-electron chi connectivity index (χ4n) is 0.387. The van der Waals surface area contributed by atoms with Gasteiger partial charge in [-0.25, -0.2) is 0 Å². The lowest BCUT2D eigenvalue weighted by atomic mass is 9.83. The Hall–Kier alpha value is -0.590. The van der Waals surface area contributed by atoms with E-state index in [-0.39, 0.29) is 5.41 Å². The maximum atomic E-state index is 10.2. The van der Waals surface area contributed by atoms with Gasteiger partial charge >= 0.3 is 0 Å². The van der Waals surface area contributed by atoms with Crippen molar-refractivity contribution >= 4 is 6.29 Å². The van der Waals surface area contributed by atoms with Crippen LogP contribution in [0.3, 0.4) is 0 Å². The van der Waals surface area contributed by atoms with E-state index < -0.39 is 0 Å². The van der Waals surface area contributed by atoms with Crippen molar-refractivity contribution in [1.29, 1.82) is 0 Å². The number of carbonyl (C=O) groups is 1. The molecular formula is C8H14O. The minimum absolute atomic E-state index is 0.0122. The summed E-state index contributed by atoms with van der Waals surface area (Å²) in [5, 5.41) is 0. The highest BCUT2D eigenvalue weighted by Crippen LogP contribution is 2.26. The number of hydrogen-bond donors (Lipinski definition) is 0. The molecule has 0 saturated carbocycles. The molecule has 0 aliphatic carbocycles. The molecular weight excluding hydrogens is 112 g/mol. The average Bonchev–Trinajstić information content (AvgIpc) is 1.86. The quantitative estimate of drug-likeness (QED) is 0.418. The molecule has 1 nitrogen and oxygen atoms in total. The number of hydrogen-bond acceptors (Lipinski definition) is 1. The van der Waals surface area contributed by atoms with E-state index in [9.17, 15) is 4.79 Å². The maximum absolute atomic E-state index is 10.2. The van der Waals surface area contributed by atoms with Crippen LogP contribution in [0.1, 0.15) is 27.2 Å². The lowest BCUT2D eigenvalue weighted by Gasteiger charge is -2.20. The Bertz CT molecular complexity index is 123. The summed E-state index contributed by atoms with van der Waals surface area (Å²) in [7, 11) is 0. The molecule has 0 aromatic carbocycles. The molecule has 0 aliphatic heterocycles. The topological polar surface area (TPSA) is 17.1 Å². The normalized spacial score (nSPS) is 11.0. The van der Waals surface area contributed by atoms with Gasteiger partial charge in [0.1, 0.15) is 6.29 Å². The van der Waals surface area contributed by atoms with Crippen LogP contribution in [-0.2, 0) is 4.79 Å². The first kappa shape index (κ1) is 8.41. The van der Waals surface area contributed by atoms with Gasteiger partial charge in [0.2, 0.25) is 0 Å². The van der Waals surface area contributed by atoms with E-state index in [1.807, 2.05) is 13.8 Å². The van der Waals surface area contributed by atoms with Crippen molar-refractivity contribution in [3.63, 3.8) is 0 Å². The number of rotatable bonds is 3. The third-order valence-electron chi connectivity index (χ3n) is 1.90. The number of carbonyl (C=O) groups excluding carboxylic acids is 1. The van der Waals surface area contributed by atoms with Crippen molar-refractivity contribution in [2.45, 2.75) is 27.2 Å². The van der Waals surface area contributed by atoms with E-state index in [2.05, 4.69) is 13.5 Å². The molecule has 1 heteroatoms. The molecule has 52 valence electrons. The van der Waals surface area contributed by atoms with Crippen LogP contribution in [0.5, 0.6) is 0 Å². The van der Waals surface area contributed by atoms with Crippen molar-refractivity contribution in [3.05, 3.63) is 12.2 Å². The highest BCUT2D eigenvalue weighted by atomic mass is 16.1. The van der Waals surface area contributed by atoms with Gasteiger partial charge in [0.15, 0.2) is 0 Å². The molecule has 0 bridgehead atoms. The van der Waals surface area contributed by atoms with Crippen LogP contribution >= 0.6 is 0 Å². The first-order valence-corrected chi connectivity index (χ1v) is 3.19. The first-order valence-electron chi connectivity index (χ1n) is 3.19. The second-order valence-electron chi connectivity index (χ2n) is 2.88. The van der Waals surface area contributed by atoms with Gasteiger partial charge in [-0.3, -0.25) is 4.79 Å². The molecule has 0 heterocycles. The first-order chi connectivity index (χ1) is 4.04. The zero-order valence-corrected chi connectivity index (χ0v) is 6.40. The molecule has 0 aromatic rings. The third-order valence-corrected chi connectivity index (χ3v) is 1.90. The summed E-state index contributed by atoms with van der Waals surface area (Å²) in [6.07, 6.45) is 1.80. The van der Waals surface area contributed by atoms with E-state index in [4.69, 9.17) is 0 Å². The zero-order valence-electron chi connectivity index (χ0n) is 6.40. The van der Waals surface area contributed by atoms with Crippen molar-refractivity contribution in [1.82, 2.24) is 0 Å². The molecule has 0 aliphatic rings. The van der Waals surface area contributed by atoms with Crippen LogP contribution in [0, 0.1) is 5.41 Å². The summed E-state index contributed by atoms with van der Waals surface area (Å²) in [4.78, 5) is 10.2. The SMILES string of the molecule is C=C(C=O)C(C)(C)CC. The summed E-state index contributed by atoms with van der Waals surface area (Å²) in [6, 6.07) is 0. The van der Waals surface area contributed by atoms with Crippen molar-refractivity contribution in [2.24, 2.45) is 5.41 Å². The van der Waals surface area contributed by atoms with E-state index in [1.54, 1.807) is 0 Å². The van der Waals surface area contributed by atoms with Crippen LogP contribution in [0.2, 0.25) is 0 Å². The Labute approximate surface area is 56.8 Å². The summed E-state index contributed by atoms with van der Waals surface area (Å²) < 4.78 is 0. The van der Waals surface area contributed by atoms with Crippen molar-refractivity contribution in [2.75, 3.05) is 0 Å². The summed E-state index contributed by atoms with van der Waals surface area (Å²) in [5.41, 5.74) is 0.673. The predicted molar refractivity (Wildman–Crippen MR) is 39.3 cm³/mol. The second kappa shape index (κ2) is 2.81. The Kier molecular flexibility index (Phi) is 2.63. The monoisotopic (exact) mass is 126 g/mol. The summed E-state index contributed by atoms with van der Waals surface area (Å²) >= 11 is 0. The molecule has 9 heavy (non-hydrogen) atoms. The van der Waals surface area contributed by atoms with E-state index in [1.165, 1.54) is 0 Å². The predicted octanol–water partition coefficient (Wildman–Crippen LogP) is 2.18. The fraction of sp³-hybridized carbons (Fsp3) is 0.625. The Morgan fingerprint density at radius 2 is 2.11 bits per heavy atom. The Morgan fingerprint density at radius 1 is 1.67 bits per heavy atom. The molecule has 0 radical (unpaired) electrons. The highest BCUT2D eigenvalue weighted by molar-refractivity contribution is 5.73. The van der Waals surface area contributed by atoms with Crippen LogP contribution in [0.15, 0.2) is 12.2 Å². The molecule has 0 amide bonds. The largest absolute Gasteiger partial charge is 0.298 e. The van der Waals surface area contributed by atoms with Gasteiger partial charge in [-0.05, 0) is 17.4 Å². The van der Waals surface area contributed by atoms with Crippen LogP contribution in [-0.4, -0.2) is 6.29 Å². The van der Waals surface area contributed by atoms with Crippen molar-refractivity contribution in [3.8, 4) is 0 Å². The third kappa shape index (κ3) is 2.00. The minimum Gasteiger partial charge on any atom is -0.298 e. The van der Waals surface area contributed by atoms with E-state index in [0.29, 0.717) is 5.57 Å². The molecule has 0 spiro atoms. The van der Waals surface area contributed by atoms with E-state index >= 15 is 0 Å². The Balaban J connectivity index is 4.13. The summed E-state index contributed by atoms with van der Waals surface area (Å²) in [5.74, 6) is 0. The van der Waals surface area contributed by atoms with Gasteiger partial charge < -0.3 is 0 Å². The average molecular weight is 126 g/mol. The lowest BCUT2D eigenvalue weighted by Crippen LogP contribution is -2.12. The highest BCUT2D eigenvalue weighted by Gasteiger charge is 2.17. The molecule has 0 atom stereocenters. The van der Waals surface area contributed by atoms with E-state index in [0.717, 1.165) is 12.7 Å². The number of allylic oxidation sites excluding steroid dienone is 1. The second-order valence-corrected chi connectivity index (χ2v) is 2.88. The molecule has 0 unspecified atom stereocenters. The van der Waals surface area contributed by atoms with Crippen LogP contribution in [0.25, 0.3) is 0 Å². The van der Waals surface area contributed by atoms with Gasteiger partial charge in [0.25, 0.3) is 0 Å². The molecule has 0 aromatic heterocycles. The van der Waals surface area contributed by atoms with Crippen LogP contribution in [0.4, 0.5) is 0 Å².